The van der Waals surface area contributed by atoms with Crippen molar-refractivity contribution in [2.24, 2.45) is 0 Å². The Morgan fingerprint density at radius 2 is 1.70 bits per heavy atom. The molecule has 0 spiro atoms. The lowest BCUT2D eigenvalue weighted by molar-refractivity contribution is 0.0950. The SMILES string of the molecule is CN(C)C(=O)N1CCN(c2ccc3ccc(C(=O)NCc4ccncc4)cn23)CC1. The molecule has 30 heavy (non-hydrogen) atoms. The predicted octanol–water partition coefficient (Wildman–Crippen LogP) is 2.07. The highest BCUT2D eigenvalue weighted by Gasteiger charge is 2.23. The maximum Gasteiger partial charge on any atom is 0.319 e. The van der Waals surface area contributed by atoms with Crippen LogP contribution in [0.15, 0.2) is 55.0 Å². The molecular formula is C22H26N6O2. The van der Waals surface area contributed by atoms with Gasteiger partial charge in [-0.1, -0.05) is 0 Å². The maximum atomic E-state index is 12.7. The number of fused-ring (bicyclic) bond motifs is 1. The van der Waals surface area contributed by atoms with Crippen molar-refractivity contribution in [2.75, 3.05) is 45.2 Å². The zero-order valence-corrected chi connectivity index (χ0v) is 17.3. The van der Waals surface area contributed by atoms with Gasteiger partial charge in [0.2, 0.25) is 0 Å². The van der Waals surface area contributed by atoms with Crippen LogP contribution in [0.25, 0.3) is 5.52 Å². The van der Waals surface area contributed by atoms with E-state index in [0.717, 1.165) is 30.0 Å². The van der Waals surface area contributed by atoms with E-state index in [1.807, 2.05) is 45.8 Å². The molecule has 1 fully saturated rings. The summed E-state index contributed by atoms with van der Waals surface area (Å²) in [5.41, 5.74) is 2.64. The van der Waals surface area contributed by atoms with E-state index in [1.54, 1.807) is 31.4 Å². The van der Waals surface area contributed by atoms with Gasteiger partial charge in [0.1, 0.15) is 5.82 Å². The number of urea groups is 1. The zero-order valence-electron chi connectivity index (χ0n) is 17.3. The number of hydrogen-bond donors (Lipinski definition) is 1. The molecule has 0 aliphatic carbocycles. The normalized spacial score (nSPS) is 14.1. The van der Waals surface area contributed by atoms with Gasteiger partial charge in [-0.05, 0) is 42.0 Å². The highest BCUT2D eigenvalue weighted by atomic mass is 16.2. The van der Waals surface area contributed by atoms with Crippen molar-refractivity contribution in [2.45, 2.75) is 6.54 Å². The molecule has 0 radical (unpaired) electrons. The zero-order chi connectivity index (χ0) is 21.1. The molecule has 8 nitrogen and oxygen atoms in total. The molecule has 8 heteroatoms. The summed E-state index contributed by atoms with van der Waals surface area (Å²) in [7, 11) is 3.55. The first-order valence-corrected chi connectivity index (χ1v) is 10.0. The fraction of sp³-hybridized carbons (Fsp3) is 0.318. The predicted molar refractivity (Wildman–Crippen MR) is 116 cm³/mol. The van der Waals surface area contributed by atoms with Crippen molar-refractivity contribution in [1.82, 2.24) is 24.5 Å². The van der Waals surface area contributed by atoms with Crippen LogP contribution >= 0.6 is 0 Å². The first-order chi connectivity index (χ1) is 14.5. The second-order valence-electron chi connectivity index (χ2n) is 7.59. The molecule has 3 aromatic rings. The fourth-order valence-corrected chi connectivity index (χ4v) is 3.67. The maximum absolute atomic E-state index is 12.7. The lowest BCUT2D eigenvalue weighted by Gasteiger charge is -2.36. The Morgan fingerprint density at radius 1 is 1.00 bits per heavy atom. The number of pyridine rings is 2. The van der Waals surface area contributed by atoms with E-state index < -0.39 is 0 Å². The van der Waals surface area contributed by atoms with Gasteiger partial charge in [0, 0.05) is 70.9 Å². The van der Waals surface area contributed by atoms with Gasteiger partial charge in [-0.3, -0.25) is 9.78 Å². The van der Waals surface area contributed by atoms with Gasteiger partial charge < -0.3 is 24.4 Å². The van der Waals surface area contributed by atoms with E-state index in [1.165, 1.54) is 0 Å². The topological polar surface area (TPSA) is 73.2 Å². The summed E-state index contributed by atoms with van der Waals surface area (Å²) in [6.45, 7) is 3.32. The third-order valence-electron chi connectivity index (χ3n) is 5.35. The van der Waals surface area contributed by atoms with Crippen LogP contribution in [0, 0.1) is 0 Å². The molecule has 0 bridgehead atoms. The minimum atomic E-state index is -0.116. The number of piperazine rings is 1. The molecule has 0 aromatic carbocycles. The second kappa shape index (κ2) is 8.44. The Morgan fingerprint density at radius 3 is 2.40 bits per heavy atom. The van der Waals surface area contributed by atoms with Crippen LogP contribution in [-0.2, 0) is 6.54 Å². The Hall–Kier alpha value is -3.55. The number of carbonyl (C=O) groups is 2. The van der Waals surface area contributed by atoms with E-state index in [-0.39, 0.29) is 11.9 Å². The molecule has 1 aliphatic rings. The summed E-state index contributed by atoms with van der Waals surface area (Å²) in [4.78, 5) is 34.5. The van der Waals surface area contributed by atoms with Crippen molar-refractivity contribution in [1.29, 1.82) is 0 Å². The number of carbonyl (C=O) groups excluding carboxylic acids is 2. The molecule has 3 aromatic heterocycles. The van der Waals surface area contributed by atoms with Crippen LogP contribution in [0.4, 0.5) is 10.6 Å². The van der Waals surface area contributed by atoms with Crippen LogP contribution < -0.4 is 10.2 Å². The van der Waals surface area contributed by atoms with Gasteiger partial charge in [-0.2, -0.15) is 0 Å². The number of aromatic nitrogens is 2. The van der Waals surface area contributed by atoms with Gasteiger partial charge in [0.25, 0.3) is 5.91 Å². The smallest absolute Gasteiger partial charge is 0.319 e. The molecule has 4 heterocycles. The third-order valence-corrected chi connectivity index (χ3v) is 5.35. The van der Waals surface area contributed by atoms with Gasteiger partial charge in [-0.15, -0.1) is 0 Å². The van der Waals surface area contributed by atoms with Crippen LogP contribution in [0.3, 0.4) is 0 Å². The standard InChI is InChI=1S/C22H26N6O2/c1-25(2)22(30)27-13-11-26(12-14-27)20-6-5-19-4-3-18(16-28(19)20)21(29)24-15-17-7-9-23-10-8-17/h3-10,16H,11-15H2,1-2H3,(H,24,29). The number of amides is 3. The molecular weight excluding hydrogens is 380 g/mol. The monoisotopic (exact) mass is 406 g/mol. The Kier molecular flexibility index (Phi) is 5.56. The highest BCUT2D eigenvalue weighted by Crippen LogP contribution is 2.22. The van der Waals surface area contributed by atoms with Crippen molar-refractivity contribution in [3.63, 3.8) is 0 Å². The van der Waals surface area contributed by atoms with Gasteiger partial charge >= 0.3 is 6.03 Å². The summed E-state index contributed by atoms with van der Waals surface area (Å²) in [6.07, 6.45) is 5.31. The summed E-state index contributed by atoms with van der Waals surface area (Å²) in [5, 5.41) is 2.96. The summed E-state index contributed by atoms with van der Waals surface area (Å²) < 4.78 is 2.05. The Balaban J connectivity index is 1.47. The van der Waals surface area contributed by atoms with Crippen LogP contribution in [0.1, 0.15) is 15.9 Å². The quantitative estimate of drug-likeness (QED) is 0.720. The Labute approximate surface area is 175 Å². The van der Waals surface area contributed by atoms with Crippen LogP contribution in [0.5, 0.6) is 0 Å². The molecule has 1 N–H and O–H groups in total. The van der Waals surface area contributed by atoms with Crippen molar-refractivity contribution in [3.05, 3.63) is 66.1 Å². The van der Waals surface area contributed by atoms with Crippen LogP contribution in [0.2, 0.25) is 0 Å². The first kappa shape index (κ1) is 19.8. The average molecular weight is 406 g/mol. The largest absolute Gasteiger partial charge is 0.354 e. The van der Waals surface area contributed by atoms with E-state index in [9.17, 15) is 9.59 Å². The van der Waals surface area contributed by atoms with Gasteiger partial charge in [0.15, 0.2) is 0 Å². The van der Waals surface area contributed by atoms with Crippen molar-refractivity contribution in [3.8, 4) is 0 Å². The summed E-state index contributed by atoms with van der Waals surface area (Å²) >= 11 is 0. The molecule has 3 amide bonds. The number of anilines is 1. The fourth-order valence-electron chi connectivity index (χ4n) is 3.67. The molecule has 1 saturated heterocycles. The van der Waals surface area contributed by atoms with Gasteiger partial charge in [0.05, 0.1) is 5.56 Å². The number of rotatable bonds is 4. The number of hydrogen-bond acceptors (Lipinski definition) is 4. The van der Waals surface area contributed by atoms with E-state index in [2.05, 4.69) is 21.3 Å². The Bertz CT molecular complexity index is 1040. The first-order valence-electron chi connectivity index (χ1n) is 10.0. The lowest BCUT2D eigenvalue weighted by atomic mass is 10.2. The molecule has 0 atom stereocenters. The van der Waals surface area contributed by atoms with Crippen molar-refractivity contribution < 1.29 is 9.59 Å². The second-order valence-corrected chi connectivity index (χ2v) is 7.59. The minimum absolute atomic E-state index is 0.0443. The number of nitrogens with one attached hydrogen (secondary N) is 1. The summed E-state index contributed by atoms with van der Waals surface area (Å²) in [6, 6.07) is 11.7. The van der Waals surface area contributed by atoms with Crippen molar-refractivity contribution >= 4 is 23.3 Å². The molecule has 0 saturated carbocycles. The number of nitrogens with zero attached hydrogens (tertiary/aromatic N) is 5. The van der Waals surface area contributed by atoms with E-state index in [0.29, 0.717) is 25.2 Å². The highest BCUT2D eigenvalue weighted by molar-refractivity contribution is 5.94. The summed E-state index contributed by atoms with van der Waals surface area (Å²) in [5.74, 6) is 0.917. The van der Waals surface area contributed by atoms with Crippen LogP contribution in [-0.4, -0.2) is 71.4 Å². The lowest BCUT2D eigenvalue weighted by Crippen LogP contribution is -2.51. The molecule has 156 valence electrons. The molecule has 1 aliphatic heterocycles. The van der Waals surface area contributed by atoms with E-state index in [4.69, 9.17) is 0 Å². The third kappa shape index (κ3) is 4.07. The minimum Gasteiger partial charge on any atom is -0.354 e. The van der Waals surface area contributed by atoms with Gasteiger partial charge in [-0.25, -0.2) is 4.79 Å². The molecule has 4 rings (SSSR count). The molecule has 0 unspecified atom stereocenters. The average Bonchev–Trinajstić information content (AvgIpc) is 3.21. The van der Waals surface area contributed by atoms with E-state index >= 15 is 0 Å².